The van der Waals surface area contributed by atoms with Crippen molar-refractivity contribution in [2.24, 2.45) is 0 Å². The molecular weight excluding hydrogens is 180 g/mol. The van der Waals surface area contributed by atoms with Gasteiger partial charge in [-0.2, -0.15) is 0 Å². The Morgan fingerprint density at radius 2 is 2.15 bits per heavy atom. The molecule has 1 fully saturated rings. The van der Waals surface area contributed by atoms with Crippen LogP contribution in [0.15, 0.2) is 24.3 Å². The highest BCUT2D eigenvalue weighted by Crippen LogP contribution is 2.46. The lowest BCUT2D eigenvalue weighted by molar-refractivity contribution is 0.235. The molecule has 0 N–H and O–H groups in total. The number of rotatable bonds is 2. The highest BCUT2D eigenvalue weighted by molar-refractivity contribution is 6.30. The van der Waals surface area contributed by atoms with Gasteiger partial charge in [0.15, 0.2) is 0 Å². The van der Waals surface area contributed by atoms with Crippen LogP contribution >= 0.6 is 11.6 Å². The summed E-state index contributed by atoms with van der Waals surface area (Å²) < 4.78 is 0. The van der Waals surface area contributed by atoms with Crippen molar-refractivity contribution in [3.05, 3.63) is 34.9 Å². The van der Waals surface area contributed by atoms with E-state index in [9.17, 15) is 0 Å². The molecule has 1 heteroatoms. The fraction of sp³-hybridized carbons (Fsp3) is 0.500. The Labute approximate surface area is 84.9 Å². The lowest BCUT2D eigenvalue weighted by Gasteiger charge is -2.42. The quantitative estimate of drug-likeness (QED) is 0.663. The molecule has 1 saturated carbocycles. The van der Waals surface area contributed by atoms with Crippen LogP contribution in [0, 0.1) is 0 Å². The van der Waals surface area contributed by atoms with Crippen LogP contribution < -0.4 is 0 Å². The van der Waals surface area contributed by atoms with Gasteiger partial charge in [-0.1, -0.05) is 37.1 Å². The average Bonchev–Trinajstić information content (AvgIpc) is 2.03. The third-order valence-corrected chi connectivity index (χ3v) is 3.66. The third kappa shape index (κ3) is 1.48. The Balaban J connectivity index is 2.33. The zero-order chi connectivity index (χ0) is 9.31. The van der Waals surface area contributed by atoms with Gasteiger partial charge in [-0.25, -0.2) is 0 Å². The van der Waals surface area contributed by atoms with Gasteiger partial charge in [-0.3, -0.25) is 0 Å². The maximum absolute atomic E-state index is 5.99. The number of halogens is 1. The summed E-state index contributed by atoms with van der Waals surface area (Å²) in [5.74, 6) is 0. The normalized spacial score (nSPS) is 19.5. The molecule has 0 heterocycles. The Bertz CT molecular complexity index is 294. The highest BCUT2D eigenvalue weighted by Gasteiger charge is 2.36. The molecule has 0 atom stereocenters. The van der Waals surface area contributed by atoms with Crippen molar-refractivity contribution in [1.82, 2.24) is 0 Å². The van der Waals surface area contributed by atoms with Crippen LogP contribution in [0.25, 0.3) is 0 Å². The van der Waals surface area contributed by atoms with Crippen LogP contribution in [-0.4, -0.2) is 0 Å². The van der Waals surface area contributed by atoms with Gasteiger partial charge in [0.2, 0.25) is 0 Å². The van der Waals surface area contributed by atoms with Gasteiger partial charge >= 0.3 is 0 Å². The molecule has 1 aromatic carbocycles. The number of hydrogen-bond acceptors (Lipinski definition) is 0. The minimum Gasteiger partial charge on any atom is -0.0843 e. The minimum atomic E-state index is 0.463. The number of benzene rings is 1. The van der Waals surface area contributed by atoms with Crippen LogP contribution in [-0.2, 0) is 5.41 Å². The fourth-order valence-corrected chi connectivity index (χ4v) is 2.46. The fourth-order valence-electron chi connectivity index (χ4n) is 2.27. The molecule has 0 unspecified atom stereocenters. The van der Waals surface area contributed by atoms with Crippen molar-refractivity contribution in [2.75, 3.05) is 0 Å². The van der Waals surface area contributed by atoms with Gasteiger partial charge in [-0.15, -0.1) is 0 Å². The summed E-state index contributed by atoms with van der Waals surface area (Å²) in [6, 6.07) is 8.36. The molecule has 13 heavy (non-hydrogen) atoms. The van der Waals surface area contributed by atoms with Crippen molar-refractivity contribution in [3.63, 3.8) is 0 Å². The first-order valence-corrected chi connectivity index (χ1v) is 5.41. The van der Waals surface area contributed by atoms with Crippen LogP contribution in [0.2, 0.25) is 5.02 Å². The predicted molar refractivity (Wildman–Crippen MR) is 57.3 cm³/mol. The van der Waals surface area contributed by atoms with Crippen LogP contribution in [0.1, 0.15) is 38.2 Å². The van der Waals surface area contributed by atoms with Crippen LogP contribution in [0.5, 0.6) is 0 Å². The Kier molecular flexibility index (Phi) is 2.33. The van der Waals surface area contributed by atoms with E-state index < -0.39 is 0 Å². The molecule has 1 aliphatic carbocycles. The van der Waals surface area contributed by atoms with Gasteiger partial charge in [0.1, 0.15) is 0 Å². The van der Waals surface area contributed by atoms with E-state index in [0.29, 0.717) is 5.41 Å². The van der Waals surface area contributed by atoms with Crippen LogP contribution in [0.3, 0.4) is 0 Å². The van der Waals surface area contributed by atoms with Gasteiger partial charge in [0, 0.05) is 5.02 Å². The van der Waals surface area contributed by atoms with Gasteiger partial charge in [0.25, 0.3) is 0 Å². The smallest absolute Gasteiger partial charge is 0.0408 e. The summed E-state index contributed by atoms with van der Waals surface area (Å²) in [6.45, 7) is 2.28. The standard InChI is InChI=1S/C12H15Cl/c1-2-12(7-4-8-12)10-5-3-6-11(13)9-10/h3,5-6,9H,2,4,7-8H2,1H3. The SMILES string of the molecule is CCC1(c2cccc(Cl)c2)CCC1. The zero-order valence-electron chi connectivity index (χ0n) is 8.02. The molecule has 0 amide bonds. The molecule has 0 radical (unpaired) electrons. The van der Waals surface area contributed by atoms with E-state index in [1.54, 1.807) is 0 Å². The average molecular weight is 195 g/mol. The minimum absolute atomic E-state index is 0.463. The van der Waals surface area contributed by atoms with Crippen molar-refractivity contribution >= 4 is 11.6 Å². The third-order valence-electron chi connectivity index (χ3n) is 3.42. The van der Waals surface area contributed by atoms with Crippen LogP contribution in [0.4, 0.5) is 0 Å². The lowest BCUT2D eigenvalue weighted by Crippen LogP contribution is -2.33. The van der Waals surface area contributed by atoms with E-state index in [0.717, 1.165) is 5.02 Å². The summed E-state index contributed by atoms with van der Waals surface area (Å²) >= 11 is 5.99. The summed E-state index contributed by atoms with van der Waals surface area (Å²) in [5.41, 5.74) is 1.90. The highest BCUT2D eigenvalue weighted by atomic mass is 35.5. The van der Waals surface area contributed by atoms with Crippen molar-refractivity contribution in [2.45, 2.75) is 38.0 Å². The molecule has 0 aliphatic heterocycles. The second-order valence-electron chi connectivity index (χ2n) is 4.00. The molecule has 0 aromatic heterocycles. The van der Waals surface area contributed by atoms with Gasteiger partial charge < -0.3 is 0 Å². The monoisotopic (exact) mass is 194 g/mol. The van der Waals surface area contributed by atoms with E-state index in [-0.39, 0.29) is 0 Å². The van der Waals surface area contributed by atoms with Crippen molar-refractivity contribution in [3.8, 4) is 0 Å². The largest absolute Gasteiger partial charge is 0.0843 e. The van der Waals surface area contributed by atoms with E-state index in [4.69, 9.17) is 11.6 Å². The van der Waals surface area contributed by atoms with Gasteiger partial charge in [-0.05, 0) is 42.4 Å². The van der Waals surface area contributed by atoms with Gasteiger partial charge in [0.05, 0.1) is 0 Å². The molecule has 1 aliphatic rings. The van der Waals surface area contributed by atoms with E-state index in [2.05, 4.69) is 25.1 Å². The predicted octanol–water partition coefficient (Wildman–Crippen LogP) is 4.17. The lowest BCUT2D eigenvalue weighted by atomic mass is 9.63. The summed E-state index contributed by atoms with van der Waals surface area (Å²) in [5, 5.41) is 0.872. The summed E-state index contributed by atoms with van der Waals surface area (Å²) in [6.07, 6.45) is 5.29. The van der Waals surface area contributed by atoms with Crippen molar-refractivity contribution in [1.29, 1.82) is 0 Å². The Hall–Kier alpha value is -0.490. The maximum Gasteiger partial charge on any atom is 0.0408 e. The second kappa shape index (κ2) is 3.34. The van der Waals surface area contributed by atoms with E-state index in [1.807, 2.05) is 6.07 Å². The molecule has 0 bridgehead atoms. The Morgan fingerprint density at radius 3 is 2.62 bits per heavy atom. The first kappa shape index (κ1) is 9.08. The second-order valence-corrected chi connectivity index (χ2v) is 4.43. The molecule has 0 saturated heterocycles. The first-order valence-electron chi connectivity index (χ1n) is 5.03. The summed E-state index contributed by atoms with van der Waals surface area (Å²) in [7, 11) is 0. The van der Waals surface area contributed by atoms with Crippen molar-refractivity contribution < 1.29 is 0 Å². The topological polar surface area (TPSA) is 0 Å². The molecule has 70 valence electrons. The molecule has 1 aromatic rings. The maximum atomic E-state index is 5.99. The molecule has 0 nitrogen and oxygen atoms in total. The summed E-state index contributed by atoms with van der Waals surface area (Å²) in [4.78, 5) is 0. The number of hydrogen-bond donors (Lipinski definition) is 0. The first-order chi connectivity index (χ1) is 6.27. The zero-order valence-corrected chi connectivity index (χ0v) is 8.77. The Morgan fingerprint density at radius 1 is 1.38 bits per heavy atom. The molecular formula is C12H15Cl. The van der Waals surface area contributed by atoms with E-state index in [1.165, 1.54) is 31.2 Å². The molecule has 0 spiro atoms. The van der Waals surface area contributed by atoms with E-state index >= 15 is 0 Å². The molecule has 2 rings (SSSR count).